The summed E-state index contributed by atoms with van der Waals surface area (Å²) in [6, 6.07) is 4.91. The maximum atomic E-state index is 11.2. The van der Waals surface area contributed by atoms with Crippen LogP contribution in [0.5, 0.6) is 0 Å². The fourth-order valence-corrected chi connectivity index (χ4v) is 2.02. The minimum absolute atomic E-state index is 0.0129. The quantitative estimate of drug-likeness (QED) is 0.506. The number of anilines is 1. The van der Waals surface area contributed by atoms with Crippen LogP contribution < -0.4 is 10.4 Å². The molecular formula is C13H15N3O3. The van der Waals surface area contributed by atoms with Gasteiger partial charge in [-0.1, -0.05) is 18.2 Å². The van der Waals surface area contributed by atoms with Crippen LogP contribution in [0.2, 0.25) is 0 Å². The number of nitrogens with one attached hydrogen (secondary N) is 1. The summed E-state index contributed by atoms with van der Waals surface area (Å²) in [7, 11) is 0. The zero-order valence-corrected chi connectivity index (χ0v) is 10.6. The third-order valence-corrected chi connectivity index (χ3v) is 2.84. The number of carbonyl (C=O) groups excluding carboxylic acids is 1. The largest absolute Gasteiger partial charge is 0.300 e. The van der Waals surface area contributed by atoms with Gasteiger partial charge in [0.15, 0.2) is 0 Å². The molecule has 1 aliphatic rings. The molecule has 0 aromatic heterocycles. The molecule has 6 nitrogen and oxygen atoms in total. The molecule has 0 radical (unpaired) electrons. The first kappa shape index (κ1) is 13.2. The topological polar surface area (TPSA) is 75.5 Å². The van der Waals surface area contributed by atoms with Gasteiger partial charge in [0.1, 0.15) is 11.5 Å². The number of nitro benzene ring substituents is 1. The van der Waals surface area contributed by atoms with Crippen LogP contribution in [0.25, 0.3) is 0 Å². The van der Waals surface area contributed by atoms with Gasteiger partial charge in [-0.2, -0.15) is 0 Å². The number of ketones is 1. The van der Waals surface area contributed by atoms with E-state index in [1.165, 1.54) is 13.0 Å². The number of rotatable bonds is 4. The van der Waals surface area contributed by atoms with Gasteiger partial charge in [0.2, 0.25) is 0 Å². The summed E-state index contributed by atoms with van der Waals surface area (Å²) in [5, 5.41) is 12.9. The summed E-state index contributed by atoms with van der Waals surface area (Å²) < 4.78 is 0. The number of hydrogen-bond donors (Lipinski definition) is 1. The van der Waals surface area contributed by atoms with Crippen LogP contribution in [-0.2, 0) is 11.2 Å². The van der Waals surface area contributed by atoms with Crippen LogP contribution in [0.15, 0.2) is 30.4 Å². The van der Waals surface area contributed by atoms with Gasteiger partial charge >= 0.3 is 0 Å². The second-order valence-corrected chi connectivity index (χ2v) is 4.40. The van der Waals surface area contributed by atoms with Crippen LogP contribution in [0.3, 0.4) is 0 Å². The van der Waals surface area contributed by atoms with Crippen LogP contribution in [0.1, 0.15) is 12.5 Å². The molecule has 1 aliphatic heterocycles. The number of hydrazine groups is 1. The van der Waals surface area contributed by atoms with E-state index >= 15 is 0 Å². The Morgan fingerprint density at radius 1 is 1.47 bits per heavy atom. The lowest BCUT2D eigenvalue weighted by Crippen LogP contribution is -2.41. The van der Waals surface area contributed by atoms with Gasteiger partial charge in [0.05, 0.1) is 11.5 Å². The molecule has 0 saturated heterocycles. The third-order valence-electron chi connectivity index (χ3n) is 2.84. The summed E-state index contributed by atoms with van der Waals surface area (Å²) in [5.74, 6) is -0.0129. The summed E-state index contributed by atoms with van der Waals surface area (Å²) in [6.07, 6.45) is 4.13. The molecule has 100 valence electrons. The zero-order chi connectivity index (χ0) is 13.8. The maximum absolute atomic E-state index is 11.2. The number of Topliss-reactive ketones (excluding diaryl/α,β-unsaturated/α-hetero) is 1. The number of carbonyl (C=O) groups is 1. The molecule has 0 spiro atoms. The minimum atomic E-state index is -0.418. The summed E-state index contributed by atoms with van der Waals surface area (Å²) in [4.78, 5) is 21.8. The van der Waals surface area contributed by atoms with Crippen molar-refractivity contribution in [2.75, 3.05) is 18.1 Å². The molecule has 0 amide bonds. The van der Waals surface area contributed by atoms with E-state index in [0.29, 0.717) is 24.3 Å². The van der Waals surface area contributed by atoms with Crippen molar-refractivity contribution in [2.24, 2.45) is 0 Å². The Morgan fingerprint density at radius 2 is 2.26 bits per heavy atom. The molecule has 0 bridgehead atoms. The fourth-order valence-electron chi connectivity index (χ4n) is 2.02. The van der Waals surface area contributed by atoms with Gasteiger partial charge < -0.3 is 0 Å². The van der Waals surface area contributed by atoms with Crippen LogP contribution in [0, 0.1) is 10.1 Å². The summed E-state index contributed by atoms with van der Waals surface area (Å²) >= 11 is 0. The molecule has 2 rings (SSSR count). The van der Waals surface area contributed by atoms with Gasteiger partial charge in [-0.05, 0) is 18.6 Å². The first-order valence-corrected chi connectivity index (χ1v) is 6.00. The molecule has 1 heterocycles. The SMILES string of the molecule is CC(=O)Cc1ccc(N2CC=CCN2)c([N+](=O)[O-])c1. The van der Waals surface area contributed by atoms with E-state index < -0.39 is 4.92 Å². The third kappa shape index (κ3) is 3.17. The Bertz CT molecular complexity index is 540. The molecule has 0 atom stereocenters. The molecule has 0 saturated carbocycles. The van der Waals surface area contributed by atoms with Crippen LogP contribution in [-0.4, -0.2) is 23.8 Å². The Kier molecular flexibility index (Phi) is 3.91. The van der Waals surface area contributed by atoms with Crippen molar-refractivity contribution in [1.29, 1.82) is 0 Å². The Balaban J connectivity index is 2.34. The smallest absolute Gasteiger partial charge is 0.294 e. The maximum Gasteiger partial charge on any atom is 0.294 e. The molecule has 6 heteroatoms. The van der Waals surface area contributed by atoms with Crippen molar-refractivity contribution in [3.05, 3.63) is 46.0 Å². The molecule has 0 unspecified atom stereocenters. The van der Waals surface area contributed by atoms with Gasteiger partial charge in [-0.3, -0.25) is 19.9 Å². The minimum Gasteiger partial charge on any atom is -0.300 e. The van der Waals surface area contributed by atoms with E-state index in [0.717, 1.165) is 0 Å². The Morgan fingerprint density at radius 3 is 2.84 bits per heavy atom. The van der Waals surface area contributed by atoms with Crippen molar-refractivity contribution in [3.63, 3.8) is 0 Å². The van der Waals surface area contributed by atoms with Crippen molar-refractivity contribution in [3.8, 4) is 0 Å². The lowest BCUT2D eigenvalue weighted by molar-refractivity contribution is -0.384. The summed E-state index contributed by atoms with van der Waals surface area (Å²) in [6.45, 7) is 2.69. The number of benzene rings is 1. The molecule has 1 N–H and O–H groups in total. The Labute approximate surface area is 110 Å². The van der Waals surface area contributed by atoms with E-state index in [9.17, 15) is 14.9 Å². The van der Waals surface area contributed by atoms with Crippen molar-refractivity contribution in [1.82, 2.24) is 5.43 Å². The molecule has 0 fully saturated rings. The number of hydrogen-bond acceptors (Lipinski definition) is 5. The van der Waals surface area contributed by atoms with E-state index in [4.69, 9.17) is 0 Å². The van der Waals surface area contributed by atoms with Gasteiger partial charge in [-0.25, -0.2) is 5.43 Å². The highest BCUT2D eigenvalue weighted by molar-refractivity contribution is 5.79. The van der Waals surface area contributed by atoms with Gasteiger partial charge in [0, 0.05) is 19.0 Å². The van der Waals surface area contributed by atoms with Crippen LogP contribution in [0.4, 0.5) is 11.4 Å². The van der Waals surface area contributed by atoms with Crippen molar-refractivity contribution in [2.45, 2.75) is 13.3 Å². The molecular weight excluding hydrogens is 246 g/mol. The van der Waals surface area contributed by atoms with Crippen molar-refractivity contribution >= 4 is 17.2 Å². The van der Waals surface area contributed by atoms with Gasteiger partial charge in [0.25, 0.3) is 5.69 Å². The van der Waals surface area contributed by atoms with E-state index in [2.05, 4.69) is 5.43 Å². The predicted molar refractivity (Wildman–Crippen MR) is 72.0 cm³/mol. The first-order chi connectivity index (χ1) is 9.08. The van der Waals surface area contributed by atoms with E-state index in [-0.39, 0.29) is 17.9 Å². The highest BCUT2D eigenvalue weighted by Gasteiger charge is 2.20. The molecule has 1 aromatic rings. The van der Waals surface area contributed by atoms with Crippen LogP contribution >= 0.6 is 0 Å². The van der Waals surface area contributed by atoms with E-state index in [1.807, 2.05) is 12.2 Å². The molecule has 0 aliphatic carbocycles. The monoisotopic (exact) mass is 261 g/mol. The normalized spacial score (nSPS) is 14.5. The lowest BCUT2D eigenvalue weighted by Gasteiger charge is -2.26. The average Bonchev–Trinajstić information content (AvgIpc) is 2.39. The lowest BCUT2D eigenvalue weighted by atomic mass is 10.1. The molecule has 19 heavy (non-hydrogen) atoms. The van der Waals surface area contributed by atoms with E-state index in [1.54, 1.807) is 17.1 Å². The fraction of sp³-hybridized carbons (Fsp3) is 0.308. The van der Waals surface area contributed by atoms with Gasteiger partial charge in [-0.15, -0.1) is 0 Å². The molecule has 1 aromatic carbocycles. The number of nitrogens with zero attached hydrogens (tertiary/aromatic N) is 2. The highest BCUT2D eigenvalue weighted by atomic mass is 16.6. The Hall–Kier alpha value is -2.21. The highest BCUT2D eigenvalue weighted by Crippen LogP contribution is 2.29. The van der Waals surface area contributed by atoms with Crippen molar-refractivity contribution < 1.29 is 9.72 Å². The second-order valence-electron chi connectivity index (χ2n) is 4.40. The standard InChI is InChI=1S/C13H15N3O3/c1-10(17)8-11-4-5-12(13(9-11)16(18)19)15-7-3-2-6-14-15/h2-5,9,14H,6-8H2,1H3. The second kappa shape index (κ2) is 5.62. The first-order valence-electron chi connectivity index (χ1n) is 6.00. The number of nitro groups is 1. The summed E-state index contributed by atoms with van der Waals surface area (Å²) in [5.41, 5.74) is 4.26. The zero-order valence-electron chi connectivity index (χ0n) is 10.6. The average molecular weight is 261 g/mol. The predicted octanol–water partition coefficient (Wildman–Crippen LogP) is 1.61.